The minimum absolute atomic E-state index is 0.165. The van der Waals surface area contributed by atoms with E-state index in [1.54, 1.807) is 0 Å². The first-order chi connectivity index (χ1) is 16.6. The summed E-state index contributed by atoms with van der Waals surface area (Å²) in [6, 6.07) is 24.0. The van der Waals surface area contributed by atoms with Crippen molar-refractivity contribution in [3.05, 3.63) is 83.4 Å². The molecule has 1 atom stereocenters. The van der Waals surface area contributed by atoms with Gasteiger partial charge in [0, 0.05) is 37.8 Å². The Morgan fingerprint density at radius 3 is 2.35 bits per heavy atom. The monoisotopic (exact) mass is 455 g/mol. The lowest BCUT2D eigenvalue weighted by atomic mass is 9.95. The predicted octanol–water partition coefficient (Wildman–Crippen LogP) is 4.72. The van der Waals surface area contributed by atoms with E-state index in [-0.39, 0.29) is 5.91 Å². The summed E-state index contributed by atoms with van der Waals surface area (Å²) in [7, 11) is 4.16. The van der Waals surface area contributed by atoms with Crippen LogP contribution in [0.1, 0.15) is 34.3 Å². The predicted molar refractivity (Wildman–Crippen MR) is 140 cm³/mol. The summed E-state index contributed by atoms with van der Waals surface area (Å²) in [6.45, 7) is 4.78. The molecule has 0 aromatic heterocycles. The lowest BCUT2D eigenvalue weighted by molar-refractivity contribution is 0.0630. The van der Waals surface area contributed by atoms with Crippen molar-refractivity contribution in [2.75, 3.05) is 46.8 Å². The molecule has 5 rings (SSSR count). The van der Waals surface area contributed by atoms with Crippen molar-refractivity contribution in [1.82, 2.24) is 14.7 Å². The molecule has 34 heavy (non-hydrogen) atoms. The van der Waals surface area contributed by atoms with Crippen LogP contribution < -0.4 is 0 Å². The Morgan fingerprint density at radius 1 is 0.912 bits per heavy atom. The Labute approximate surface area is 204 Å². The number of likely N-dealkylation sites (N-methyl/N-ethyl adjacent to an activating group) is 1. The van der Waals surface area contributed by atoms with Crippen LogP contribution in [-0.2, 0) is 12.8 Å². The maximum absolute atomic E-state index is 13.7. The fourth-order valence-electron chi connectivity index (χ4n) is 5.78. The third kappa shape index (κ3) is 5.18. The number of carbonyl (C=O) groups is 1. The van der Waals surface area contributed by atoms with Gasteiger partial charge in [0.1, 0.15) is 0 Å². The number of likely N-dealkylation sites (tertiary alicyclic amines) is 1. The summed E-state index contributed by atoms with van der Waals surface area (Å²) in [5.41, 5.74) is 3.85. The van der Waals surface area contributed by atoms with Gasteiger partial charge in [-0.05, 0) is 86.3 Å². The Morgan fingerprint density at radius 2 is 1.62 bits per heavy atom. The molecule has 3 aromatic carbocycles. The molecule has 1 fully saturated rings. The quantitative estimate of drug-likeness (QED) is 0.516. The molecule has 0 spiro atoms. The molecule has 178 valence electrons. The highest BCUT2D eigenvalue weighted by Crippen LogP contribution is 2.29. The van der Waals surface area contributed by atoms with Gasteiger partial charge >= 0.3 is 0 Å². The average molecular weight is 456 g/mol. The molecule has 4 nitrogen and oxygen atoms in total. The Balaban J connectivity index is 1.28. The molecule has 0 saturated carbocycles. The normalized spacial score (nSPS) is 19.0. The van der Waals surface area contributed by atoms with Gasteiger partial charge in [0.25, 0.3) is 5.91 Å². The number of nitrogens with zero attached hydrogens (tertiary/aromatic N) is 3. The molecule has 1 amide bonds. The lowest BCUT2D eigenvalue weighted by Crippen LogP contribution is -2.48. The van der Waals surface area contributed by atoms with E-state index in [0.717, 1.165) is 37.1 Å². The van der Waals surface area contributed by atoms with Gasteiger partial charge in [-0.15, -0.1) is 0 Å². The maximum Gasteiger partial charge on any atom is 0.253 e. The summed E-state index contributed by atoms with van der Waals surface area (Å²) < 4.78 is 0. The van der Waals surface area contributed by atoms with Gasteiger partial charge in [-0.2, -0.15) is 0 Å². The fourth-order valence-corrected chi connectivity index (χ4v) is 5.78. The first kappa shape index (κ1) is 23.1. The molecule has 1 heterocycles. The number of amides is 1. The van der Waals surface area contributed by atoms with Gasteiger partial charge in [0.15, 0.2) is 0 Å². The second kappa shape index (κ2) is 10.3. The molecule has 2 aliphatic rings. The Kier molecular flexibility index (Phi) is 6.98. The second-order valence-corrected chi connectivity index (χ2v) is 10.5. The molecule has 1 saturated heterocycles. The van der Waals surface area contributed by atoms with Crippen LogP contribution in [0, 0.1) is 5.92 Å². The minimum Gasteiger partial charge on any atom is -0.337 e. The lowest BCUT2D eigenvalue weighted by Gasteiger charge is -2.39. The van der Waals surface area contributed by atoms with E-state index in [2.05, 4.69) is 77.3 Å². The highest BCUT2D eigenvalue weighted by Gasteiger charge is 2.31. The van der Waals surface area contributed by atoms with Crippen LogP contribution in [0.2, 0.25) is 0 Å². The number of fused-ring (bicyclic) bond motifs is 2. The van der Waals surface area contributed by atoms with Crippen molar-refractivity contribution in [2.45, 2.75) is 31.7 Å². The number of benzene rings is 3. The number of hydrogen-bond acceptors (Lipinski definition) is 3. The highest BCUT2D eigenvalue weighted by atomic mass is 16.2. The second-order valence-electron chi connectivity index (χ2n) is 10.5. The zero-order valence-corrected chi connectivity index (χ0v) is 20.6. The van der Waals surface area contributed by atoms with Crippen LogP contribution in [0.4, 0.5) is 0 Å². The number of rotatable bonds is 7. The van der Waals surface area contributed by atoms with E-state index in [4.69, 9.17) is 0 Å². The van der Waals surface area contributed by atoms with E-state index in [9.17, 15) is 4.79 Å². The van der Waals surface area contributed by atoms with Gasteiger partial charge < -0.3 is 9.80 Å². The third-order valence-corrected chi connectivity index (χ3v) is 7.68. The van der Waals surface area contributed by atoms with Gasteiger partial charge in [-0.3, -0.25) is 9.69 Å². The zero-order valence-electron chi connectivity index (χ0n) is 20.6. The summed E-state index contributed by atoms with van der Waals surface area (Å²) in [6.07, 6.45) is 4.77. The van der Waals surface area contributed by atoms with Crippen molar-refractivity contribution in [3.63, 3.8) is 0 Å². The largest absolute Gasteiger partial charge is 0.337 e. The van der Waals surface area contributed by atoms with Crippen molar-refractivity contribution < 1.29 is 4.79 Å². The smallest absolute Gasteiger partial charge is 0.253 e. The van der Waals surface area contributed by atoms with Crippen LogP contribution in [0.25, 0.3) is 10.8 Å². The first-order valence-electron chi connectivity index (χ1n) is 12.8. The topological polar surface area (TPSA) is 26.8 Å². The first-order valence-corrected chi connectivity index (χ1v) is 12.8. The van der Waals surface area contributed by atoms with Crippen molar-refractivity contribution in [2.24, 2.45) is 5.92 Å². The molecule has 0 bridgehead atoms. The zero-order chi connectivity index (χ0) is 23.5. The van der Waals surface area contributed by atoms with Crippen LogP contribution in [-0.4, -0.2) is 73.5 Å². The molecular formula is C30H37N3O. The molecule has 0 radical (unpaired) electrons. The molecule has 1 aliphatic heterocycles. The molecular weight excluding hydrogens is 418 g/mol. The average Bonchev–Trinajstić information content (AvgIpc) is 3.30. The molecule has 4 heteroatoms. The van der Waals surface area contributed by atoms with Crippen LogP contribution in [0.15, 0.2) is 66.7 Å². The SMILES string of the molecule is CN(C)CCN(C[C@@H]1CCCN(C2Cc3ccccc3C2)C1)C(=O)c1ccc2ccccc2c1. The van der Waals surface area contributed by atoms with E-state index in [0.29, 0.717) is 12.0 Å². The van der Waals surface area contributed by atoms with Crippen LogP contribution in [0.5, 0.6) is 0 Å². The van der Waals surface area contributed by atoms with Crippen molar-refractivity contribution >= 4 is 16.7 Å². The summed E-state index contributed by atoms with van der Waals surface area (Å²) in [4.78, 5) is 20.6. The minimum atomic E-state index is 0.165. The third-order valence-electron chi connectivity index (χ3n) is 7.68. The molecule has 3 aromatic rings. The molecule has 0 unspecified atom stereocenters. The van der Waals surface area contributed by atoms with E-state index in [1.165, 1.54) is 48.7 Å². The molecule has 1 aliphatic carbocycles. The fraction of sp³-hybridized carbons (Fsp3) is 0.433. The van der Waals surface area contributed by atoms with Crippen LogP contribution in [0.3, 0.4) is 0 Å². The van der Waals surface area contributed by atoms with E-state index < -0.39 is 0 Å². The number of hydrogen-bond donors (Lipinski definition) is 0. The highest BCUT2D eigenvalue weighted by molar-refractivity contribution is 5.98. The van der Waals surface area contributed by atoms with Gasteiger partial charge in [-0.25, -0.2) is 0 Å². The summed E-state index contributed by atoms with van der Waals surface area (Å²) >= 11 is 0. The number of carbonyl (C=O) groups excluding carboxylic acids is 1. The van der Waals surface area contributed by atoms with Gasteiger partial charge in [-0.1, -0.05) is 54.6 Å². The standard InChI is InChI=1S/C30H37N3O/c1-31(2)16-17-33(30(34)28-14-13-24-9-3-4-10-25(24)18-28)22-23-8-7-15-32(21-23)29-19-26-11-5-6-12-27(26)20-29/h3-6,9-14,18,23,29H,7-8,15-17,19-22H2,1-2H3/t23-/m1/s1. The summed E-state index contributed by atoms with van der Waals surface area (Å²) in [5.74, 6) is 0.696. The Bertz CT molecular complexity index is 1120. The number of piperidine rings is 1. The Hall–Kier alpha value is -2.69. The molecule has 0 N–H and O–H groups in total. The van der Waals surface area contributed by atoms with E-state index in [1.807, 2.05) is 18.2 Å². The van der Waals surface area contributed by atoms with E-state index >= 15 is 0 Å². The maximum atomic E-state index is 13.7. The van der Waals surface area contributed by atoms with Crippen molar-refractivity contribution in [1.29, 1.82) is 0 Å². The van der Waals surface area contributed by atoms with Gasteiger partial charge in [0.05, 0.1) is 0 Å². The van der Waals surface area contributed by atoms with Crippen LogP contribution >= 0.6 is 0 Å². The van der Waals surface area contributed by atoms with Crippen molar-refractivity contribution in [3.8, 4) is 0 Å². The van der Waals surface area contributed by atoms with Gasteiger partial charge in [0.2, 0.25) is 0 Å². The summed E-state index contributed by atoms with van der Waals surface area (Å²) in [5, 5.41) is 2.31.